The van der Waals surface area contributed by atoms with Crippen LogP contribution in [0.1, 0.15) is 17.0 Å². The van der Waals surface area contributed by atoms with Gasteiger partial charge in [0.15, 0.2) is 11.5 Å². The topological polar surface area (TPSA) is 66.5 Å². The van der Waals surface area contributed by atoms with E-state index in [0.717, 1.165) is 29.4 Å². The fraction of sp³-hybridized carbons (Fsp3) is 0.214. The summed E-state index contributed by atoms with van der Waals surface area (Å²) in [4.78, 5) is 16.0. The van der Waals surface area contributed by atoms with Crippen LogP contribution >= 0.6 is 0 Å². The number of aromatic amines is 1. The molecule has 0 radical (unpaired) electrons. The van der Waals surface area contributed by atoms with E-state index in [2.05, 4.69) is 44.3 Å². The molecule has 0 aliphatic rings. The van der Waals surface area contributed by atoms with Crippen molar-refractivity contribution in [2.45, 2.75) is 20.4 Å². The molecule has 3 aromatic rings. The summed E-state index contributed by atoms with van der Waals surface area (Å²) in [6.45, 7) is 4.71. The van der Waals surface area contributed by atoms with E-state index in [-0.39, 0.29) is 0 Å². The Hall–Kier alpha value is -2.43. The van der Waals surface area contributed by atoms with Crippen LogP contribution < -0.4 is 5.32 Å². The van der Waals surface area contributed by atoms with Crippen LogP contribution in [-0.2, 0) is 6.54 Å². The molecular weight excluding hydrogens is 238 g/mol. The number of aromatic nitrogens is 4. The van der Waals surface area contributed by atoms with Crippen LogP contribution in [0, 0.1) is 13.8 Å². The normalized spacial score (nSPS) is 10.8. The zero-order valence-electron chi connectivity index (χ0n) is 10.9. The van der Waals surface area contributed by atoms with Crippen LogP contribution in [0.25, 0.3) is 11.2 Å². The molecular formula is C14H15N5. The number of H-pyrrole nitrogens is 1. The Labute approximate surface area is 111 Å². The van der Waals surface area contributed by atoms with E-state index in [1.54, 1.807) is 6.33 Å². The van der Waals surface area contributed by atoms with Crippen LogP contribution in [0.3, 0.4) is 0 Å². The highest BCUT2D eigenvalue weighted by molar-refractivity contribution is 5.82. The summed E-state index contributed by atoms with van der Waals surface area (Å²) in [5.41, 5.74) is 4.06. The highest BCUT2D eigenvalue weighted by Gasteiger charge is 2.08. The molecule has 2 heterocycles. The van der Waals surface area contributed by atoms with Crippen LogP contribution in [0.15, 0.2) is 30.6 Å². The van der Waals surface area contributed by atoms with Crippen molar-refractivity contribution in [1.82, 2.24) is 19.9 Å². The molecule has 0 unspecified atom stereocenters. The molecule has 0 aliphatic heterocycles. The first-order valence-electron chi connectivity index (χ1n) is 6.20. The molecule has 0 saturated carbocycles. The van der Waals surface area contributed by atoms with Crippen molar-refractivity contribution < 1.29 is 0 Å². The molecule has 0 saturated heterocycles. The van der Waals surface area contributed by atoms with Gasteiger partial charge in [0.1, 0.15) is 11.3 Å². The van der Waals surface area contributed by atoms with E-state index in [9.17, 15) is 0 Å². The Bertz CT molecular complexity index is 717. The molecule has 0 amide bonds. The van der Waals surface area contributed by atoms with Gasteiger partial charge >= 0.3 is 0 Å². The van der Waals surface area contributed by atoms with Gasteiger partial charge in [-0.1, -0.05) is 24.3 Å². The van der Waals surface area contributed by atoms with Crippen molar-refractivity contribution >= 4 is 17.0 Å². The lowest BCUT2D eigenvalue weighted by molar-refractivity contribution is 1.04. The second-order valence-electron chi connectivity index (χ2n) is 4.50. The third kappa shape index (κ3) is 2.27. The molecule has 2 N–H and O–H groups in total. The smallest absolute Gasteiger partial charge is 0.163 e. The first-order valence-corrected chi connectivity index (χ1v) is 6.20. The number of anilines is 1. The Kier molecular flexibility index (Phi) is 2.87. The van der Waals surface area contributed by atoms with Crippen molar-refractivity contribution in [2.24, 2.45) is 0 Å². The zero-order chi connectivity index (χ0) is 13.2. The number of imidazole rings is 1. The second kappa shape index (κ2) is 4.68. The summed E-state index contributed by atoms with van der Waals surface area (Å²) in [5.74, 6) is 1.50. The lowest BCUT2D eigenvalue weighted by Gasteiger charge is -2.09. The van der Waals surface area contributed by atoms with Crippen molar-refractivity contribution in [1.29, 1.82) is 0 Å². The quantitative estimate of drug-likeness (QED) is 0.753. The number of fused-ring (bicyclic) bond motifs is 1. The van der Waals surface area contributed by atoms with Gasteiger partial charge in [-0.05, 0) is 25.0 Å². The van der Waals surface area contributed by atoms with Gasteiger partial charge in [0.25, 0.3) is 0 Å². The Morgan fingerprint density at radius 1 is 1.16 bits per heavy atom. The number of rotatable bonds is 3. The Morgan fingerprint density at radius 2 is 2.00 bits per heavy atom. The van der Waals surface area contributed by atoms with Crippen LogP contribution in [0.4, 0.5) is 5.82 Å². The van der Waals surface area contributed by atoms with E-state index >= 15 is 0 Å². The summed E-state index contributed by atoms with van der Waals surface area (Å²) in [6, 6.07) is 8.30. The summed E-state index contributed by atoms with van der Waals surface area (Å²) >= 11 is 0. The molecule has 0 spiro atoms. The lowest BCUT2D eigenvalue weighted by Crippen LogP contribution is -2.05. The monoisotopic (exact) mass is 253 g/mol. The number of aryl methyl sites for hydroxylation is 2. The molecule has 5 nitrogen and oxygen atoms in total. The number of benzene rings is 1. The molecule has 5 heteroatoms. The SMILES string of the molecule is Cc1nc(NCc2ccccc2C)c2nc[nH]c2n1. The van der Waals surface area contributed by atoms with Gasteiger partial charge in [-0.15, -0.1) is 0 Å². The molecule has 0 bridgehead atoms. The molecule has 3 rings (SSSR count). The van der Waals surface area contributed by atoms with Gasteiger partial charge in [0, 0.05) is 6.54 Å². The summed E-state index contributed by atoms with van der Waals surface area (Å²) in [7, 11) is 0. The van der Waals surface area contributed by atoms with Gasteiger partial charge in [-0.3, -0.25) is 0 Å². The third-order valence-electron chi connectivity index (χ3n) is 3.10. The maximum Gasteiger partial charge on any atom is 0.163 e. The van der Waals surface area contributed by atoms with Crippen LogP contribution in [0.5, 0.6) is 0 Å². The maximum atomic E-state index is 4.41. The van der Waals surface area contributed by atoms with Crippen molar-refractivity contribution in [2.75, 3.05) is 5.32 Å². The molecule has 0 fully saturated rings. The fourth-order valence-electron chi connectivity index (χ4n) is 2.06. The minimum atomic E-state index is 0.726. The third-order valence-corrected chi connectivity index (χ3v) is 3.10. The fourth-order valence-corrected chi connectivity index (χ4v) is 2.06. The van der Waals surface area contributed by atoms with E-state index in [0.29, 0.717) is 0 Å². The molecule has 2 aromatic heterocycles. The predicted octanol–water partition coefficient (Wildman–Crippen LogP) is 2.58. The second-order valence-corrected chi connectivity index (χ2v) is 4.50. The maximum absolute atomic E-state index is 4.41. The standard InChI is InChI=1S/C14H15N5/c1-9-5-3-4-6-11(9)7-15-13-12-14(17-8-16-12)19-10(2)18-13/h3-6,8H,7H2,1-2H3,(H2,15,16,17,18,19). The summed E-state index contributed by atoms with van der Waals surface area (Å²) in [6.07, 6.45) is 1.64. The van der Waals surface area contributed by atoms with E-state index in [1.807, 2.05) is 19.1 Å². The summed E-state index contributed by atoms with van der Waals surface area (Å²) in [5, 5.41) is 3.34. The first kappa shape index (κ1) is 11.6. The number of hydrogen-bond donors (Lipinski definition) is 2. The Morgan fingerprint density at radius 3 is 2.84 bits per heavy atom. The van der Waals surface area contributed by atoms with Crippen molar-refractivity contribution in [3.63, 3.8) is 0 Å². The highest BCUT2D eigenvalue weighted by atomic mass is 15.1. The highest BCUT2D eigenvalue weighted by Crippen LogP contribution is 2.17. The lowest BCUT2D eigenvalue weighted by atomic mass is 10.1. The molecule has 0 atom stereocenters. The average molecular weight is 253 g/mol. The molecule has 96 valence electrons. The first-order chi connectivity index (χ1) is 9.24. The van der Waals surface area contributed by atoms with Gasteiger partial charge in [0.05, 0.1) is 6.33 Å². The van der Waals surface area contributed by atoms with Gasteiger partial charge < -0.3 is 10.3 Å². The molecule has 0 aliphatic carbocycles. The number of hydrogen-bond acceptors (Lipinski definition) is 4. The van der Waals surface area contributed by atoms with E-state index in [1.165, 1.54) is 11.1 Å². The predicted molar refractivity (Wildman–Crippen MR) is 74.9 cm³/mol. The van der Waals surface area contributed by atoms with Crippen LogP contribution in [0.2, 0.25) is 0 Å². The van der Waals surface area contributed by atoms with Crippen molar-refractivity contribution in [3.8, 4) is 0 Å². The number of nitrogens with zero attached hydrogens (tertiary/aromatic N) is 3. The van der Waals surface area contributed by atoms with Gasteiger partial charge in [-0.2, -0.15) is 0 Å². The van der Waals surface area contributed by atoms with Gasteiger partial charge in [-0.25, -0.2) is 15.0 Å². The van der Waals surface area contributed by atoms with E-state index in [4.69, 9.17) is 0 Å². The van der Waals surface area contributed by atoms with Crippen LogP contribution in [-0.4, -0.2) is 19.9 Å². The average Bonchev–Trinajstić information content (AvgIpc) is 2.85. The molecule has 19 heavy (non-hydrogen) atoms. The largest absolute Gasteiger partial charge is 0.364 e. The zero-order valence-corrected chi connectivity index (χ0v) is 10.9. The van der Waals surface area contributed by atoms with E-state index < -0.39 is 0 Å². The molecule has 1 aromatic carbocycles. The Balaban J connectivity index is 1.90. The minimum absolute atomic E-state index is 0.726. The van der Waals surface area contributed by atoms with Crippen molar-refractivity contribution in [3.05, 3.63) is 47.5 Å². The van der Waals surface area contributed by atoms with Gasteiger partial charge in [0.2, 0.25) is 0 Å². The number of nitrogens with one attached hydrogen (secondary N) is 2. The summed E-state index contributed by atoms with van der Waals surface area (Å²) < 4.78 is 0. The minimum Gasteiger partial charge on any atom is -0.364 e.